The molecule has 108 valence electrons. The average molecular weight is 271 g/mol. The number of benzene rings is 1. The van der Waals surface area contributed by atoms with E-state index in [9.17, 15) is 0 Å². The molecule has 1 heterocycles. The van der Waals surface area contributed by atoms with E-state index in [1.165, 1.54) is 49.8 Å². The van der Waals surface area contributed by atoms with Gasteiger partial charge in [0.05, 0.1) is 0 Å². The van der Waals surface area contributed by atoms with Crippen molar-refractivity contribution < 1.29 is 0 Å². The van der Waals surface area contributed by atoms with Gasteiger partial charge in [0.2, 0.25) is 0 Å². The monoisotopic (exact) mass is 271 g/mol. The molecule has 0 amide bonds. The number of amidine groups is 1. The fourth-order valence-corrected chi connectivity index (χ4v) is 3.96. The predicted octanol–water partition coefficient (Wildman–Crippen LogP) is 3.04. The Kier molecular flexibility index (Phi) is 3.79. The molecule has 0 spiro atoms. The normalized spacial score (nSPS) is 26.4. The van der Waals surface area contributed by atoms with E-state index in [0.29, 0.717) is 0 Å². The molecule has 1 aliphatic carbocycles. The SMILES string of the molecule is Cc1cc(C(=N)N)ccc1CN1CCC2CCCCC21. The van der Waals surface area contributed by atoms with Crippen LogP contribution in [0.5, 0.6) is 0 Å². The third-order valence-corrected chi connectivity index (χ3v) is 5.15. The van der Waals surface area contributed by atoms with Gasteiger partial charge in [0, 0.05) is 18.2 Å². The Hall–Kier alpha value is -1.35. The van der Waals surface area contributed by atoms with E-state index in [2.05, 4.69) is 17.9 Å². The van der Waals surface area contributed by atoms with Gasteiger partial charge >= 0.3 is 0 Å². The molecule has 0 radical (unpaired) electrons. The van der Waals surface area contributed by atoms with Gasteiger partial charge in [-0.3, -0.25) is 10.3 Å². The van der Waals surface area contributed by atoms with Gasteiger partial charge in [0.25, 0.3) is 0 Å². The third kappa shape index (κ3) is 2.59. The van der Waals surface area contributed by atoms with Gasteiger partial charge in [-0.1, -0.05) is 25.0 Å². The molecule has 1 saturated heterocycles. The highest BCUT2D eigenvalue weighted by Gasteiger charge is 2.35. The maximum absolute atomic E-state index is 7.51. The number of nitrogen functional groups attached to an aromatic ring is 1. The number of nitrogens with two attached hydrogens (primary N) is 1. The molecule has 1 saturated carbocycles. The van der Waals surface area contributed by atoms with E-state index in [4.69, 9.17) is 11.1 Å². The minimum atomic E-state index is 0.160. The van der Waals surface area contributed by atoms with Crippen LogP contribution in [-0.2, 0) is 6.54 Å². The summed E-state index contributed by atoms with van der Waals surface area (Å²) in [5, 5.41) is 7.51. The first kappa shape index (κ1) is 13.6. The first-order valence-electron chi connectivity index (χ1n) is 7.83. The largest absolute Gasteiger partial charge is 0.384 e. The number of nitrogens with one attached hydrogen (secondary N) is 1. The maximum atomic E-state index is 7.51. The highest BCUT2D eigenvalue weighted by molar-refractivity contribution is 5.95. The van der Waals surface area contributed by atoms with Crippen LogP contribution in [0.3, 0.4) is 0 Å². The molecule has 0 bridgehead atoms. The molecule has 3 rings (SSSR count). The molecule has 1 aliphatic heterocycles. The summed E-state index contributed by atoms with van der Waals surface area (Å²) in [5.74, 6) is 1.11. The number of hydrogen-bond acceptors (Lipinski definition) is 2. The topological polar surface area (TPSA) is 53.1 Å². The second-order valence-corrected chi connectivity index (χ2v) is 6.43. The molecule has 1 aromatic rings. The van der Waals surface area contributed by atoms with E-state index in [1.54, 1.807) is 0 Å². The summed E-state index contributed by atoms with van der Waals surface area (Å²) in [6, 6.07) is 7.00. The lowest BCUT2D eigenvalue weighted by molar-refractivity contribution is 0.175. The summed E-state index contributed by atoms with van der Waals surface area (Å²) in [6.45, 7) is 4.45. The number of likely N-dealkylation sites (tertiary alicyclic amines) is 1. The van der Waals surface area contributed by atoms with E-state index in [1.807, 2.05) is 12.1 Å². The quantitative estimate of drug-likeness (QED) is 0.656. The van der Waals surface area contributed by atoms with E-state index >= 15 is 0 Å². The Morgan fingerprint density at radius 2 is 2.10 bits per heavy atom. The maximum Gasteiger partial charge on any atom is 0.122 e. The van der Waals surface area contributed by atoms with Gasteiger partial charge in [0.15, 0.2) is 0 Å². The van der Waals surface area contributed by atoms with Crippen LogP contribution in [-0.4, -0.2) is 23.3 Å². The number of hydrogen-bond donors (Lipinski definition) is 2. The molecule has 2 aliphatic rings. The van der Waals surface area contributed by atoms with Crippen LogP contribution in [0.25, 0.3) is 0 Å². The molecular formula is C17H25N3. The Balaban J connectivity index is 1.73. The zero-order valence-electron chi connectivity index (χ0n) is 12.4. The van der Waals surface area contributed by atoms with Crippen LogP contribution in [0.1, 0.15) is 48.8 Å². The number of rotatable bonds is 3. The fourth-order valence-electron chi connectivity index (χ4n) is 3.96. The number of fused-ring (bicyclic) bond motifs is 1. The van der Waals surface area contributed by atoms with Crippen LogP contribution >= 0.6 is 0 Å². The molecule has 0 aromatic heterocycles. The van der Waals surface area contributed by atoms with Crippen molar-refractivity contribution in [3.05, 3.63) is 34.9 Å². The first-order chi connectivity index (χ1) is 9.65. The van der Waals surface area contributed by atoms with Crippen molar-refractivity contribution in [1.29, 1.82) is 5.41 Å². The van der Waals surface area contributed by atoms with Crippen molar-refractivity contribution in [2.75, 3.05) is 6.54 Å². The predicted molar refractivity (Wildman–Crippen MR) is 83.0 cm³/mol. The molecule has 3 heteroatoms. The van der Waals surface area contributed by atoms with E-state index in [0.717, 1.165) is 24.1 Å². The molecule has 3 N–H and O–H groups in total. The number of aryl methyl sites for hydroxylation is 1. The fraction of sp³-hybridized carbons (Fsp3) is 0.588. The highest BCUT2D eigenvalue weighted by atomic mass is 15.2. The van der Waals surface area contributed by atoms with Crippen molar-refractivity contribution in [2.24, 2.45) is 11.7 Å². The summed E-state index contributed by atoms with van der Waals surface area (Å²) in [6.07, 6.45) is 7.04. The Morgan fingerprint density at radius 3 is 2.85 bits per heavy atom. The lowest BCUT2D eigenvalue weighted by atomic mass is 9.85. The lowest BCUT2D eigenvalue weighted by Crippen LogP contribution is -2.34. The van der Waals surface area contributed by atoms with Crippen molar-refractivity contribution >= 4 is 5.84 Å². The minimum Gasteiger partial charge on any atom is -0.384 e. The van der Waals surface area contributed by atoms with Gasteiger partial charge in [-0.25, -0.2) is 0 Å². The molecule has 3 nitrogen and oxygen atoms in total. The summed E-state index contributed by atoms with van der Waals surface area (Å²) in [5.41, 5.74) is 9.04. The molecular weight excluding hydrogens is 246 g/mol. The van der Waals surface area contributed by atoms with Crippen molar-refractivity contribution in [3.63, 3.8) is 0 Å². The second kappa shape index (κ2) is 5.57. The standard InChI is InChI=1S/C17H25N3/c1-12-10-14(17(18)19)6-7-15(12)11-20-9-8-13-4-2-3-5-16(13)20/h6-7,10,13,16H,2-5,8-9,11H2,1H3,(H3,18,19). The second-order valence-electron chi connectivity index (χ2n) is 6.43. The van der Waals surface area contributed by atoms with Crippen molar-refractivity contribution in [3.8, 4) is 0 Å². The van der Waals surface area contributed by atoms with Gasteiger partial charge in [-0.05, 0) is 55.8 Å². The summed E-state index contributed by atoms with van der Waals surface area (Å²) < 4.78 is 0. The van der Waals surface area contributed by atoms with E-state index in [-0.39, 0.29) is 5.84 Å². The smallest absolute Gasteiger partial charge is 0.122 e. The van der Waals surface area contributed by atoms with Crippen molar-refractivity contribution in [2.45, 2.75) is 51.6 Å². The lowest BCUT2D eigenvalue weighted by Gasteiger charge is -2.32. The van der Waals surface area contributed by atoms with Crippen LogP contribution in [0.4, 0.5) is 0 Å². The molecule has 1 aromatic carbocycles. The van der Waals surface area contributed by atoms with Crippen molar-refractivity contribution in [1.82, 2.24) is 4.90 Å². The summed E-state index contributed by atoms with van der Waals surface area (Å²) in [4.78, 5) is 2.68. The number of nitrogens with zero attached hydrogens (tertiary/aromatic N) is 1. The van der Waals surface area contributed by atoms with Gasteiger partial charge in [-0.15, -0.1) is 0 Å². The highest BCUT2D eigenvalue weighted by Crippen LogP contribution is 2.37. The van der Waals surface area contributed by atoms with Gasteiger partial charge < -0.3 is 5.73 Å². The zero-order chi connectivity index (χ0) is 14.1. The Bertz CT molecular complexity index is 509. The van der Waals surface area contributed by atoms with Gasteiger partial charge in [0.1, 0.15) is 5.84 Å². The van der Waals surface area contributed by atoms with E-state index < -0.39 is 0 Å². The minimum absolute atomic E-state index is 0.160. The Morgan fingerprint density at radius 1 is 1.30 bits per heavy atom. The van der Waals surface area contributed by atoms with Gasteiger partial charge in [-0.2, -0.15) is 0 Å². The molecule has 20 heavy (non-hydrogen) atoms. The Labute approximate surface area is 121 Å². The summed E-state index contributed by atoms with van der Waals surface area (Å²) >= 11 is 0. The third-order valence-electron chi connectivity index (χ3n) is 5.15. The first-order valence-corrected chi connectivity index (χ1v) is 7.83. The average Bonchev–Trinajstić information content (AvgIpc) is 2.84. The molecule has 2 unspecified atom stereocenters. The van der Waals surface area contributed by atoms with Crippen LogP contribution < -0.4 is 5.73 Å². The molecule has 2 fully saturated rings. The van der Waals surface area contributed by atoms with Crippen LogP contribution in [0.2, 0.25) is 0 Å². The van der Waals surface area contributed by atoms with Crippen LogP contribution in [0, 0.1) is 18.3 Å². The van der Waals surface area contributed by atoms with Crippen LogP contribution in [0.15, 0.2) is 18.2 Å². The summed E-state index contributed by atoms with van der Waals surface area (Å²) in [7, 11) is 0. The molecule has 2 atom stereocenters. The zero-order valence-corrected chi connectivity index (χ0v) is 12.4.